The summed E-state index contributed by atoms with van der Waals surface area (Å²) in [5.41, 5.74) is 2.14. The first-order valence-electron chi connectivity index (χ1n) is 4.81. The van der Waals surface area contributed by atoms with E-state index in [0.29, 0.717) is 0 Å². The zero-order valence-corrected chi connectivity index (χ0v) is 9.16. The van der Waals surface area contributed by atoms with Crippen LogP contribution < -0.4 is 0 Å². The molecule has 15 heavy (non-hydrogen) atoms. The molecule has 74 valence electrons. The fourth-order valence-corrected chi connectivity index (χ4v) is 2.66. The summed E-state index contributed by atoms with van der Waals surface area (Å²) >= 11 is 1.78. The molecule has 0 bridgehead atoms. The summed E-state index contributed by atoms with van der Waals surface area (Å²) in [6.07, 6.45) is 6.19. The molecule has 0 spiro atoms. The van der Waals surface area contributed by atoms with E-state index in [1.165, 1.54) is 9.80 Å². The maximum Gasteiger partial charge on any atom is 0.0806 e. The molecule has 2 aliphatic heterocycles. The molecule has 0 amide bonds. The van der Waals surface area contributed by atoms with Gasteiger partial charge in [-0.1, -0.05) is 23.9 Å². The summed E-state index contributed by atoms with van der Waals surface area (Å²) < 4.78 is 0. The second-order valence-corrected chi connectivity index (χ2v) is 4.63. The van der Waals surface area contributed by atoms with Gasteiger partial charge in [0.25, 0.3) is 0 Å². The Kier molecular flexibility index (Phi) is 1.92. The zero-order chi connectivity index (χ0) is 10.3. The van der Waals surface area contributed by atoms with Gasteiger partial charge in [0, 0.05) is 24.3 Å². The largest absolute Gasteiger partial charge is 0.356 e. The van der Waals surface area contributed by atoms with Crippen molar-refractivity contribution >= 4 is 23.2 Å². The fourth-order valence-electron chi connectivity index (χ4n) is 1.62. The first-order chi connectivity index (χ1) is 7.33. The van der Waals surface area contributed by atoms with Crippen molar-refractivity contribution in [3.63, 3.8) is 0 Å². The van der Waals surface area contributed by atoms with Crippen LogP contribution in [0.15, 0.2) is 57.5 Å². The van der Waals surface area contributed by atoms with E-state index in [0.717, 1.165) is 11.4 Å². The van der Waals surface area contributed by atoms with Gasteiger partial charge in [0.1, 0.15) is 0 Å². The van der Waals surface area contributed by atoms with Gasteiger partial charge in [-0.15, -0.1) is 0 Å². The highest BCUT2D eigenvalue weighted by molar-refractivity contribution is 8.04. The summed E-state index contributed by atoms with van der Waals surface area (Å²) in [6.45, 7) is 0. The Morgan fingerprint density at radius 2 is 2.13 bits per heavy atom. The molecule has 0 N–H and O–H groups in total. The molecule has 0 saturated heterocycles. The Hall–Kier alpha value is -1.48. The predicted molar refractivity (Wildman–Crippen MR) is 64.4 cm³/mol. The Morgan fingerprint density at radius 3 is 3.07 bits per heavy atom. The minimum absolute atomic E-state index is 1.07. The van der Waals surface area contributed by atoms with E-state index in [-0.39, 0.29) is 0 Å². The van der Waals surface area contributed by atoms with Crippen molar-refractivity contribution in [2.45, 2.75) is 4.90 Å². The summed E-state index contributed by atoms with van der Waals surface area (Å²) in [5.74, 6) is 0. The lowest BCUT2D eigenvalue weighted by Gasteiger charge is -2.21. The third kappa shape index (κ3) is 1.49. The SMILES string of the molecule is CN1C=CC2=Nc3ccccc3SC2=C1. The van der Waals surface area contributed by atoms with Crippen LogP contribution in [0.5, 0.6) is 0 Å². The molecule has 1 aromatic rings. The summed E-state index contributed by atoms with van der Waals surface area (Å²) in [7, 11) is 2.03. The van der Waals surface area contributed by atoms with Gasteiger partial charge in [-0.05, 0) is 18.2 Å². The smallest absolute Gasteiger partial charge is 0.0806 e. The first kappa shape index (κ1) is 8.80. The van der Waals surface area contributed by atoms with Gasteiger partial charge in [0.2, 0.25) is 0 Å². The number of fused-ring (bicyclic) bond motifs is 2. The van der Waals surface area contributed by atoms with E-state index in [2.05, 4.69) is 40.4 Å². The Bertz CT molecular complexity index is 500. The normalized spacial score (nSPS) is 17.8. The zero-order valence-electron chi connectivity index (χ0n) is 8.34. The lowest BCUT2D eigenvalue weighted by molar-refractivity contribution is 0.623. The topological polar surface area (TPSA) is 15.6 Å². The minimum Gasteiger partial charge on any atom is -0.356 e. The van der Waals surface area contributed by atoms with E-state index >= 15 is 0 Å². The average Bonchev–Trinajstić information content (AvgIpc) is 2.26. The molecule has 0 radical (unpaired) electrons. The number of para-hydroxylation sites is 1. The van der Waals surface area contributed by atoms with E-state index in [1.54, 1.807) is 11.8 Å². The van der Waals surface area contributed by atoms with Gasteiger partial charge in [-0.3, -0.25) is 0 Å². The van der Waals surface area contributed by atoms with Crippen LogP contribution in [0.4, 0.5) is 5.69 Å². The highest BCUT2D eigenvalue weighted by Gasteiger charge is 2.18. The standard InChI is InChI=1S/C12H10N2S/c1-14-7-6-10-12(8-14)15-11-5-3-2-4-9(11)13-10/h2-8H,1H3. The Morgan fingerprint density at radius 1 is 1.27 bits per heavy atom. The Labute approximate surface area is 93.0 Å². The first-order valence-corrected chi connectivity index (χ1v) is 5.62. The van der Waals surface area contributed by atoms with Crippen LogP contribution in [-0.4, -0.2) is 17.7 Å². The van der Waals surface area contributed by atoms with E-state index < -0.39 is 0 Å². The molecule has 3 rings (SSSR count). The molecule has 2 aliphatic rings. The van der Waals surface area contributed by atoms with Gasteiger partial charge in [0.15, 0.2) is 0 Å². The van der Waals surface area contributed by atoms with Gasteiger partial charge in [-0.25, -0.2) is 4.99 Å². The lowest BCUT2D eigenvalue weighted by atomic mass is 10.2. The fraction of sp³-hybridized carbons (Fsp3) is 0.0833. The molecule has 0 atom stereocenters. The van der Waals surface area contributed by atoms with E-state index in [1.807, 2.05) is 19.3 Å². The molecule has 3 heteroatoms. The van der Waals surface area contributed by atoms with Crippen molar-refractivity contribution in [3.05, 3.63) is 47.6 Å². The molecule has 0 aliphatic carbocycles. The van der Waals surface area contributed by atoms with Crippen LogP contribution in [0.2, 0.25) is 0 Å². The second kappa shape index (κ2) is 3.28. The van der Waals surface area contributed by atoms with Crippen molar-refractivity contribution in [2.24, 2.45) is 4.99 Å². The van der Waals surface area contributed by atoms with E-state index in [9.17, 15) is 0 Å². The van der Waals surface area contributed by atoms with Gasteiger partial charge in [-0.2, -0.15) is 0 Å². The third-order valence-corrected chi connectivity index (χ3v) is 3.47. The lowest BCUT2D eigenvalue weighted by Crippen LogP contribution is -2.13. The molecule has 2 heterocycles. The van der Waals surface area contributed by atoms with Gasteiger partial charge >= 0.3 is 0 Å². The van der Waals surface area contributed by atoms with Crippen LogP contribution in [0.25, 0.3) is 0 Å². The number of rotatable bonds is 0. The maximum absolute atomic E-state index is 4.62. The predicted octanol–water partition coefficient (Wildman–Crippen LogP) is 3.17. The van der Waals surface area contributed by atoms with E-state index in [4.69, 9.17) is 0 Å². The van der Waals surface area contributed by atoms with Crippen molar-refractivity contribution in [3.8, 4) is 0 Å². The number of allylic oxidation sites excluding steroid dienone is 2. The second-order valence-electron chi connectivity index (χ2n) is 3.54. The quantitative estimate of drug-likeness (QED) is 0.659. The highest BCUT2D eigenvalue weighted by Crippen LogP contribution is 2.40. The van der Waals surface area contributed by atoms with Gasteiger partial charge < -0.3 is 4.90 Å². The minimum atomic E-state index is 1.07. The number of hydrogen-bond donors (Lipinski definition) is 0. The Balaban J connectivity index is 2.13. The van der Waals surface area contributed by atoms with Crippen LogP contribution in [0.1, 0.15) is 0 Å². The molecule has 0 aromatic heterocycles. The van der Waals surface area contributed by atoms with Crippen LogP contribution in [0, 0.1) is 0 Å². The van der Waals surface area contributed by atoms with Crippen LogP contribution in [0.3, 0.4) is 0 Å². The van der Waals surface area contributed by atoms with Crippen molar-refractivity contribution in [1.82, 2.24) is 4.90 Å². The molecule has 0 fully saturated rings. The average molecular weight is 214 g/mol. The number of aliphatic imine (C=N–C) groups is 1. The number of thioether (sulfide) groups is 1. The van der Waals surface area contributed by atoms with Crippen LogP contribution in [-0.2, 0) is 0 Å². The molecule has 0 unspecified atom stereocenters. The molecule has 2 nitrogen and oxygen atoms in total. The third-order valence-electron chi connectivity index (χ3n) is 2.37. The number of nitrogens with zero attached hydrogens (tertiary/aromatic N) is 2. The van der Waals surface area contributed by atoms with Crippen molar-refractivity contribution in [1.29, 1.82) is 0 Å². The number of benzene rings is 1. The van der Waals surface area contributed by atoms with Gasteiger partial charge in [0.05, 0.1) is 16.3 Å². The monoisotopic (exact) mass is 214 g/mol. The summed E-state index contributed by atoms with van der Waals surface area (Å²) in [6, 6.07) is 8.24. The molecular weight excluding hydrogens is 204 g/mol. The summed E-state index contributed by atoms with van der Waals surface area (Å²) in [5, 5.41) is 0. The number of hydrogen-bond acceptors (Lipinski definition) is 3. The highest BCUT2D eigenvalue weighted by atomic mass is 32.2. The van der Waals surface area contributed by atoms with Crippen molar-refractivity contribution < 1.29 is 0 Å². The maximum atomic E-state index is 4.62. The van der Waals surface area contributed by atoms with Crippen molar-refractivity contribution in [2.75, 3.05) is 7.05 Å². The summed E-state index contributed by atoms with van der Waals surface area (Å²) in [4.78, 5) is 9.12. The molecule has 0 saturated carbocycles. The van der Waals surface area contributed by atoms with Crippen LogP contribution >= 0.6 is 11.8 Å². The molecular formula is C12H10N2S. The molecule has 1 aromatic carbocycles.